The van der Waals surface area contributed by atoms with Gasteiger partial charge in [0, 0.05) is 38.2 Å². The smallest absolute Gasteiger partial charge is 0.255 e. The van der Waals surface area contributed by atoms with E-state index in [2.05, 4.69) is 20.3 Å². The summed E-state index contributed by atoms with van der Waals surface area (Å²) < 4.78 is 3.68. The molecule has 134 valence electrons. The van der Waals surface area contributed by atoms with E-state index in [0.29, 0.717) is 17.3 Å². The number of hydrogen-bond donors (Lipinski definition) is 0. The third-order valence-corrected chi connectivity index (χ3v) is 4.91. The molecule has 1 saturated heterocycles. The van der Waals surface area contributed by atoms with Gasteiger partial charge in [0.05, 0.1) is 5.56 Å². The fourth-order valence-electron chi connectivity index (χ4n) is 3.34. The minimum atomic E-state index is 0.0540. The van der Waals surface area contributed by atoms with Crippen LogP contribution in [0.25, 0.3) is 5.82 Å². The standard InChI is InChI=1S/C18H21N7O/c26-18(16-2-3-17(19-12-16)24-13-20-21-14-24)23-9-4-15(5-10-23)6-11-25-8-1-7-22-25/h1-3,7-8,12-15H,4-6,9-11H2. The Bertz CT molecular complexity index is 819. The van der Waals surface area contributed by atoms with Crippen LogP contribution in [0.5, 0.6) is 0 Å². The van der Waals surface area contributed by atoms with Crippen molar-refractivity contribution >= 4 is 5.91 Å². The second kappa shape index (κ2) is 7.47. The second-order valence-electron chi connectivity index (χ2n) is 6.57. The molecule has 1 fully saturated rings. The average molecular weight is 351 g/mol. The van der Waals surface area contributed by atoms with Gasteiger partial charge in [0.15, 0.2) is 0 Å². The summed E-state index contributed by atoms with van der Waals surface area (Å²) in [6.45, 7) is 2.55. The van der Waals surface area contributed by atoms with Gasteiger partial charge in [-0.15, -0.1) is 10.2 Å². The topological polar surface area (TPSA) is 81.7 Å². The van der Waals surface area contributed by atoms with Crippen molar-refractivity contribution < 1.29 is 4.79 Å². The first-order valence-electron chi connectivity index (χ1n) is 8.87. The van der Waals surface area contributed by atoms with Crippen LogP contribution in [0.15, 0.2) is 49.4 Å². The molecule has 0 N–H and O–H groups in total. The molecule has 4 heterocycles. The number of nitrogens with zero attached hydrogens (tertiary/aromatic N) is 7. The maximum Gasteiger partial charge on any atom is 0.255 e. The number of carbonyl (C=O) groups is 1. The highest BCUT2D eigenvalue weighted by Gasteiger charge is 2.23. The van der Waals surface area contributed by atoms with Crippen LogP contribution in [0.3, 0.4) is 0 Å². The summed E-state index contributed by atoms with van der Waals surface area (Å²) in [6, 6.07) is 5.58. The van der Waals surface area contributed by atoms with E-state index >= 15 is 0 Å². The molecule has 0 aromatic carbocycles. The Morgan fingerprint density at radius 1 is 1.15 bits per heavy atom. The number of piperidine rings is 1. The molecule has 1 aliphatic rings. The number of likely N-dealkylation sites (tertiary alicyclic amines) is 1. The molecule has 0 unspecified atom stereocenters. The van der Waals surface area contributed by atoms with E-state index in [0.717, 1.165) is 38.9 Å². The monoisotopic (exact) mass is 351 g/mol. The highest BCUT2D eigenvalue weighted by molar-refractivity contribution is 5.94. The van der Waals surface area contributed by atoms with Gasteiger partial charge in [-0.1, -0.05) is 0 Å². The number of rotatable bonds is 5. The molecule has 0 radical (unpaired) electrons. The first-order chi connectivity index (χ1) is 12.8. The quantitative estimate of drug-likeness (QED) is 0.700. The highest BCUT2D eigenvalue weighted by Crippen LogP contribution is 2.22. The summed E-state index contributed by atoms with van der Waals surface area (Å²) in [5.74, 6) is 1.40. The van der Waals surface area contributed by atoms with Gasteiger partial charge in [-0.3, -0.25) is 14.0 Å². The van der Waals surface area contributed by atoms with E-state index in [1.54, 1.807) is 23.4 Å². The Balaban J connectivity index is 1.30. The summed E-state index contributed by atoms with van der Waals surface area (Å²) in [7, 11) is 0. The SMILES string of the molecule is O=C(c1ccc(-n2cnnc2)nc1)N1CCC(CCn2cccn2)CC1. The molecular formula is C18H21N7O. The predicted molar refractivity (Wildman–Crippen MR) is 94.6 cm³/mol. The fourth-order valence-corrected chi connectivity index (χ4v) is 3.34. The van der Waals surface area contributed by atoms with Gasteiger partial charge < -0.3 is 4.90 Å². The molecular weight excluding hydrogens is 330 g/mol. The molecule has 4 rings (SSSR count). The molecule has 8 nitrogen and oxygen atoms in total. The third kappa shape index (κ3) is 3.63. The van der Waals surface area contributed by atoms with Crippen LogP contribution in [0.1, 0.15) is 29.6 Å². The Labute approximate surface area is 151 Å². The van der Waals surface area contributed by atoms with Crippen molar-refractivity contribution in [1.82, 2.24) is 34.4 Å². The first kappa shape index (κ1) is 16.4. The lowest BCUT2D eigenvalue weighted by atomic mass is 9.93. The minimum absolute atomic E-state index is 0.0540. The van der Waals surface area contributed by atoms with Crippen molar-refractivity contribution in [2.75, 3.05) is 13.1 Å². The van der Waals surface area contributed by atoms with Crippen molar-refractivity contribution in [2.24, 2.45) is 5.92 Å². The number of pyridine rings is 1. The lowest BCUT2D eigenvalue weighted by Gasteiger charge is -2.32. The number of aryl methyl sites for hydroxylation is 1. The summed E-state index contributed by atoms with van der Waals surface area (Å²) in [4.78, 5) is 19.0. The molecule has 3 aromatic rings. The molecule has 26 heavy (non-hydrogen) atoms. The maximum atomic E-state index is 12.7. The molecule has 8 heteroatoms. The first-order valence-corrected chi connectivity index (χ1v) is 8.87. The summed E-state index contributed by atoms with van der Waals surface area (Å²) in [5, 5.41) is 11.8. The van der Waals surface area contributed by atoms with Crippen LogP contribution in [0.2, 0.25) is 0 Å². The lowest BCUT2D eigenvalue weighted by Crippen LogP contribution is -2.38. The predicted octanol–water partition coefficient (Wildman–Crippen LogP) is 1.80. The van der Waals surface area contributed by atoms with E-state index in [4.69, 9.17) is 0 Å². The second-order valence-corrected chi connectivity index (χ2v) is 6.57. The summed E-state index contributed by atoms with van der Waals surface area (Å²) >= 11 is 0. The summed E-state index contributed by atoms with van der Waals surface area (Å²) in [6.07, 6.45) is 11.8. The fraction of sp³-hybridized carbons (Fsp3) is 0.389. The van der Waals surface area contributed by atoms with Crippen LogP contribution in [0, 0.1) is 5.92 Å². The van der Waals surface area contributed by atoms with E-state index in [1.807, 2.05) is 40.2 Å². The molecule has 1 aliphatic heterocycles. The molecule has 0 aliphatic carbocycles. The molecule has 0 bridgehead atoms. The molecule has 0 atom stereocenters. The van der Waals surface area contributed by atoms with Crippen LogP contribution in [-0.4, -0.2) is 53.4 Å². The zero-order valence-electron chi connectivity index (χ0n) is 14.5. The number of amides is 1. The molecule has 0 spiro atoms. The van der Waals surface area contributed by atoms with Crippen LogP contribution in [0.4, 0.5) is 0 Å². The van der Waals surface area contributed by atoms with E-state index < -0.39 is 0 Å². The third-order valence-electron chi connectivity index (χ3n) is 4.91. The van der Waals surface area contributed by atoms with Gasteiger partial charge in [-0.05, 0) is 43.4 Å². The van der Waals surface area contributed by atoms with Crippen LogP contribution in [-0.2, 0) is 6.54 Å². The van der Waals surface area contributed by atoms with Gasteiger partial charge in [0.25, 0.3) is 5.91 Å². The normalized spacial score (nSPS) is 15.3. The van der Waals surface area contributed by atoms with Gasteiger partial charge in [0.2, 0.25) is 0 Å². The van der Waals surface area contributed by atoms with Crippen molar-refractivity contribution in [2.45, 2.75) is 25.8 Å². The van der Waals surface area contributed by atoms with Crippen molar-refractivity contribution in [3.8, 4) is 5.82 Å². The lowest BCUT2D eigenvalue weighted by molar-refractivity contribution is 0.0684. The number of aromatic nitrogens is 6. The van der Waals surface area contributed by atoms with Gasteiger partial charge in [-0.25, -0.2) is 4.98 Å². The van der Waals surface area contributed by atoms with Gasteiger partial charge >= 0.3 is 0 Å². The van der Waals surface area contributed by atoms with Crippen molar-refractivity contribution in [3.63, 3.8) is 0 Å². The zero-order valence-corrected chi connectivity index (χ0v) is 14.5. The largest absolute Gasteiger partial charge is 0.339 e. The molecule has 1 amide bonds. The van der Waals surface area contributed by atoms with Gasteiger partial charge in [-0.2, -0.15) is 5.10 Å². The minimum Gasteiger partial charge on any atom is -0.339 e. The molecule has 0 saturated carbocycles. The Hall–Kier alpha value is -3.03. The molecule has 3 aromatic heterocycles. The Kier molecular flexibility index (Phi) is 4.72. The maximum absolute atomic E-state index is 12.7. The number of hydrogen-bond acceptors (Lipinski definition) is 5. The Morgan fingerprint density at radius 3 is 2.62 bits per heavy atom. The van der Waals surface area contributed by atoms with Crippen molar-refractivity contribution in [3.05, 3.63) is 55.0 Å². The van der Waals surface area contributed by atoms with Crippen molar-refractivity contribution in [1.29, 1.82) is 0 Å². The van der Waals surface area contributed by atoms with Gasteiger partial charge in [0.1, 0.15) is 18.5 Å². The number of carbonyl (C=O) groups excluding carboxylic acids is 1. The zero-order chi connectivity index (χ0) is 17.8. The van der Waals surface area contributed by atoms with Crippen LogP contribution >= 0.6 is 0 Å². The van der Waals surface area contributed by atoms with Crippen LogP contribution < -0.4 is 0 Å². The summed E-state index contributed by atoms with van der Waals surface area (Å²) in [5.41, 5.74) is 0.622. The Morgan fingerprint density at radius 2 is 1.96 bits per heavy atom. The van der Waals surface area contributed by atoms with E-state index in [-0.39, 0.29) is 5.91 Å². The highest BCUT2D eigenvalue weighted by atomic mass is 16.2. The average Bonchev–Trinajstić information content (AvgIpc) is 3.40. The van der Waals surface area contributed by atoms with E-state index in [9.17, 15) is 4.79 Å². The van der Waals surface area contributed by atoms with E-state index in [1.165, 1.54) is 0 Å².